The summed E-state index contributed by atoms with van der Waals surface area (Å²) in [5, 5.41) is 3.02. The molecular formula is C26H32N2O4. The van der Waals surface area contributed by atoms with Gasteiger partial charge in [0.15, 0.2) is 0 Å². The van der Waals surface area contributed by atoms with Crippen molar-refractivity contribution in [2.75, 3.05) is 43.6 Å². The quantitative estimate of drug-likeness (QED) is 0.707. The van der Waals surface area contributed by atoms with Crippen LogP contribution in [0.5, 0.6) is 11.5 Å². The number of ether oxygens (including phenoxy) is 3. The van der Waals surface area contributed by atoms with Crippen molar-refractivity contribution < 1.29 is 19.0 Å². The maximum Gasteiger partial charge on any atom is 0.227 e. The van der Waals surface area contributed by atoms with E-state index in [-0.39, 0.29) is 17.9 Å². The number of nitrogens with zero attached hydrogens (tertiary/aromatic N) is 1. The Labute approximate surface area is 189 Å². The van der Waals surface area contributed by atoms with E-state index >= 15 is 0 Å². The van der Waals surface area contributed by atoms with Crippen LogP contribution in [0.25, 0.3) is 0 Å². The third-order valence-electron chi connectivity index (χ3n) is 7.29. The lowest BCUT2D eigenvalue weighted by atomic mass is 9.81. The summed E-state index contributed by atoms with van der Waals surface area (Å²) in [5.74, 6) is 1.71. The zero-order valence-corrected chi connectivity index (χ0v) is 18.9. The standard InChI is InChI=1S/C26H32N2O4/c1-18-13-20(27-25(29)19-14-23(15-19)30-2)3-8-24(18)32-22-6-4-21(5-7-22)28-11-9-26(16-28)10-12-31-17-26/h3-8,13,19,23H,9-12,14-17H2,1-2H3,(H,27,29). The molecule has 0 radical (unpaired) electrons. The van der Waals surface area contributed by atoms with Gasteiger partial charge in [0.05, 0.1) is 12.7 Å². The van der Waals surface area contributed by atoms with Crippen LogP contribution in [0, 0.1) is 18.3 Å². The Morgan fingerprint density at radius 1 is 1.16 bits per heavy atom. The number of carbonyl (C=O) groups is 1. The molecule has 2 saturated heterocycles. The number of rotatable bonds is 6. The molecule has 1 unspecified atom stereocenters. The van der Waals surface area contributed by atoms with Crippen molar-refractivity contribution in [3.05, 3.63) is 48.0 Å². The summed E-state index contributed by atoms with van der Waals surface area (Å²) in [6.07, 6.45) is 4.20. The number of benzene rings is 2. The van der Waals surface area contributed by atoms with Gasteiger partial charge >= 0.3 is 0 Å². The van der Waals surface area contributed by atoms with E-state index in [4.69, 9.17) is 14.2 Å². The maximum atomic E-state index is 12.4. The lowest BCUT2D eigenvalue weighted by Crippen LogP contribution is -2.38. The first-order chi connectivity index (χ1) is 15.5. The van der Waals surface area contributed by atoms with Crippen molar-refractivity contribution >= 4 is 17.3 Å². The molecular weight excluding hydrogens is 404 g/mol. The van der Waals surface area contributed by atoms with E-state index in [1.165, 1.54) is 18.5 Å². The van der Waals surface area contributed by atoms with Crippen LogP contribution < -0.4 is 15.0 Å². The molecule has 1 spiro atoms. The van der Waals surface area contributed by atoms with E-state index in [0.717, 1.165) is 61.9 Å². The third kappa shape index (κ3) is 4.34. The summed E-state index contributed by atoms with van der Waals surface area (Å²) in [7, 11) is 1.70. The molecule has 2 aromatic carbocycles. The lowest BCUT2D eigenvalue weighted by molar-refractivity contribution is -0.127. The zero-order chi connectivity index (χ0) is 22.1. The maximum absolute atomic E-state index is 12.4. The molecule has 1 amide bonds. The van der Waals surface area contributed by atoms with Crippen molar-refractivity contribution in [3.63, 3.8) is 0 Å². The average molecular weight is 437 g/mol. The van der Waals surface area contributed by atoms with Gasteiger partial charge in [0.25, 0.3) is 0 Å². The van der Waals surface area contributed by atoms with E-state index in [1.807, 2.05) is 37.3 Å². The molecule has 1 aliphatic carbocycles. The number of methoxy groups -OCH3 is 1. The van der Waals surface area contributed by atoms with Crippen LogP contribution in [0.3, 0.4) is 0 Å². The molecule has 1 N–H and O–H groups in total. The molecule has 6 heteroatoms. The Morgan fingerprint density at radius 2 is 1.97 bits per heavy atom. The van der Waals surface area contributed by atoms with Crippen LogP contribution in [-0.2, 0) is 14.3 Å². The molecule has 3 fully saturated rings. The lowest BCUT2D eigenvalue weighted by Gasteiger charge is -2.32. The first-order valence-corrected chi connectivity index (χ1v) is 11.6. The SMILES string of the molecule is COC1CC(C(=O)Nc2ccc(Oc3ccc(N4CCC5(CCOC5)C4)cc3)c(C)c2)C1. The van der Waals surface area contributed by atoms with E-state index in [9.17, 15) is 4.79 Å². The number of aryl methyl sites for hydroxylation is 1. The number of anilines is 2. The van der Waals surface area contributed by atoms with Crippen LogP contribution in [0.4, 0.5) is 11.4 Å². The highest BCUT2D eigenvalue weighted by Gasteiger charge is 2.41. The number of hydrogen-bond donors (Lipinski definition) is 1. The summed E-state index contributed by atoms with van der Waals surface area (Å²) in [4.78, 5) is 14.8. The zero-order valence-electron chi connectivity index (χ0n) is 18.9. The van der Waals surface area contributed by atoms with Gasteiger partial charge < -0.3 is 24.4 Å². The highest BCUT2D eigenvalue weighted by Crippen LogP contribution is 2.40. The summed E-state index contributed by atoms with van der Waals surface area (Å²) < 4.78 is 17.0. The Hall–Kier alpha value is -2.57. The number of hydrogen-bond acceptors (Lipinski definition) is 5. The predicted octanol–water partition coefficient (Wildman–Crippen LogP) is 4.77. The van der Waals surface area contributed by atoms with Gasteiger partial charge in [0.1, 0.15) is 11.5 Å². The minimum atomic E-state index is 0.0429. The van der Waals surface area contributed by atoms with Crippen molar-refractivity contribution in [1.29, 1.82) is 0 Å². The van der Waals surface area contributed by atoms with Gasteiger partial charge in [-0.2, -0.15) is 0 Å². The minimum Gasteiger partial charge on any atom is -0.457 e. The topological polar surface area (TPSA) is 60.0 Å². The molecule has 32 heavy (non-hydrogen) atoms. The van der Waals surface area contributed by atoms with Gasteiger partial charge in [0.2, 0.25) is 5.91 Å². The van der Waals surface area contributed by atoms with Gasteiger partial charge in [-0.3, -0.25) is 4.79 Å². The average Bonchev–Trinajstić information content (AvgIpc) is 3.40. The van der Waals surface area contributed by atoms with Gasteiger partial charge in [0, 0.05) is 49.5 Å². The van der Waals surface area contributed by atoms with Crippen molar-refractivity contribution in [2.24, 2.45) is 11.3 Å². The Kier molecular flexibility index (Phi) is 5.82. The normalized spacial score (nSPS) is 26.9. The molecule has 2 aliphatic heterocycles. The van der Waals surface area contributed by atoms with Gasteiger partial charge in [-0.25, -0.2) is 0 Å². The predicted molar refractivity (Wildman–Crippen MR) is 125 cm³/mol. The molecule has 3 aliphatic rings. The largest absolute Gasteiger partial charge is 0.457 e. The summed E-state index contributed by atoms with van der Waals surface area (Å²) >= 11 is 0. The summed E-state index contributed by atoms with van der Waals surface area (Å²) in [6.45, 7) is 5.96. The first-order valence-electron chi connectivity index (χ1n) is 11.6. The van der Waals surface area contributed by atoms with Gasteiger partial charge in [-0.1, -0.05) is 0 Å². The first kappa shape index (κ1) is 21.3. The van der Waals surface area contributed by atoms with Crippen molar-refractivity contribution in [2.45, 2.75) is 38.7 Å². The third-order valence-corrected chi connectivity index (χ3v) is 7.29. The molecule has 170 valence electrons. The van der Waals surface area contributed by atoms with E-state index < -0.39 is 0 Å². The van der Waals surface area contributed by atoms with Crippen LogP contribution in [0.15, 0.2) is 42.5 Å². The van der Waals surface area contributed by atoms with Crippen LogP contribution in [0.2, 0.25) is 0 Å². The fourth-order valence-corrected chi connectivity index (χ4v) is 5.04. The van der Waals surface area contributed by atoms with Crippen molar-refractivity contribution in [3.8, 4) is 11.5 Å². The molecule has 1 atom stereocenters. The molecule has 1 saturated carbocycles. The Bertz CT molecular complexity index is 962. The summed E-state index contributed by atoms with van der Waals surface area (Å²) in [6, 6.07) is 14.1. The van der Waals surface area contributed by atoms with Crippen LogP contribution in [0.1, 0.15) is 31.2 Å². The number of nitrogens with one attached hydrogen (secondary N) is 1. The molecule has 2 aromatic rings. The molecule has 6 nitrogen and oxygen atoms in total. The second-order valence-electron chi connectivity index (χ2n) is 9.57. The number of carbonyl (C=O) groups excluding carboxylic acids is 1. The molecule has 0 bridgehead atoms. The van der Waals surface area contributed by atoms with Crippen molar-refractivity contribution in [1.82, 2.24) is 0 Å². The molecule has 2 heterocycles. The van der Waals surface area contributed by atoms with Crippen LogP contribution in [-0.4, -0.2) is 45.4 Å². The fraction of sp³-hybridized carbons (Fsp3) is 0.500. The van der Waals surface area contributed by atoms with Gasteiger partial charge in [-0.05, 0) is 80.6 Å². The molecule has 5 rings (SSSR count). The van der Waals surface area contributed by atoms with Crippen LogP contribution >= 0.6 is 0 Å². The van der Waals surface area contributed by atoms with E-state index in [0.29, 0.717) is 5.41 Å². The fourth-order valence-electron chi connectivity index (χ4n) is 5.04. The monoisotopic (exact) mass is 436 g/mol. The van der Waals surface area contributed by atoms with Gasteiger partial charge in [-0.15, -0.1) is 0 Å². The highest BCUT2D eigenvalue weighted by atomic mass is 16.5. The smallest absolute Gasteiger partial charge is 0.227 e. The highest BCUT2D eigenvalue weighted by molar-refractivity contribution is 5.93. The second kappa shape index (κ2) is 8.75. The minimum absolute atomic E-state index is 0.0429. The second-order valence-corrected chi connectivity index (χ2v) is 9.57. The molecule has 0 aromatic heterocycles. The van der Waals surface area contributed by atoms with E-state index in [2.05, 4.69) is 22.3 Å². The Morgan fingerprint density at radius 3 is 2.66 bits per heavy atom. The summed E-state index contributed by atoms with van der Waals surface area (Å²) in [5.41, 5.74) is 3.38. The number of amides is 1. The Balaban J connectivity index is 1.18. The van der Waals surface area contributed by atoms with E-state index in [1.54, 1.807) is 7.11 Å².